The molecule has 1 atom stereocenters. The van der Waals surface area contributed by atoms with Crippen molar-refractivity contribution in [1.29, 1.82) is 0 Å². The molecule has 6 heteroatoms. The fourth-order valence-corrected chi connectivity index (χ4v) is 4.06. The summed E-state index contributed by atoms with van der Waals surface area (Å²) < 4.78 is 26.8. The van der Waals surface area contributed by atoms with Gasteiger partial charge in [0.15, 0.2) is 0 Å². The maximum absolute atomic E-state index is 12.2. The van der Waals surface area contributed by atoms with Crippen LogP contribution in [0.1, 0.15) is 11.1 Å². The van der Waals surface area contributed by atoms with Gasteiger partial charge in [-0.05, 0) is 29.7 Å². The average Bonchev–Trinajstić information content (AvgIpc) is 2.61. The van der Waals surface area contributed by atoms with Crippen LogP contribution in [0.4, 0.5) is 0 Å². The van der Waals surface area contributed by atoms with Gasteiger partial charge in [-0.25, -0.2) is 13.1 Å². The van der Waals surface area contributed by atoms with Crippen LogP contribution in [0.2, 0.25) is 0 Å². The molecule has 2 aromatic carbocycles. The first-order valence-electron chi connectivity index (χ1n) is 8.06. The zero-order valence-corrected chi connectivity index (χ0v) is 14.2. The lowest BCUT2D eigenvalue weighted by Gasteiger charge is -2.30. The van der Waals surface area contributed by atoms with Crippen molar-refractivity contribution < 1.29 is 13.5 Å². The Morgan fingerprint density at radius 2 is 1.71 bits per heavy atom. The number of hydrogen-bond donors (Lipinski definition) is 2. The Morgan fingerprint density at radius 1 is 1.04 bits per heavy atom. The Labute approximate surface area is 143 Å². The molecule has 0 amide bonds. The Morgan fingerprint density at radius 3 is 2.46 bits per heavy atom. The minimum atomic E-state index is -3.57. The van der Waals surface area contributed by atoms with E-state index in [1.807, 2.05) is 12.1 Å². The minimum absolute atomic E-state index is 0.00930. The maximum Gasteiger partial charge on any atom is 0.240 e. The zero-order valence-electron chi connectivity index (χ0n) is 13.4. The average molecular weight is 346 g/mol. The Kier molecular flexibility index (Phi) is 5.30. The van der Waals surface area contributed by atoms with Gasteiger partial charge in [-0.1, -0.05) is 42.5 Å². The Hall–Kier alpha value is -1.73. The van der Waals surface area contributed by atoms with Crippen LogP contribution in [0.25, 0.3) is 0 Å². The van der Waals surface area contributed by atoms with Crippen LogP contribution in [0, 0.1) is 0 Å². The van der Waals surface area contributed by atoms with Gasteiger partial charge in [0, 0.05) is 26.2 Å². The zero-order chi connectivity index (χ0) is 17.0. The molecule has 1 aliphatic rings. The van der Waals surface area contributed by atoms with Crippen LogP contribution in [0.15, 0.2) is 59.5 Å². The third-order valence-electron chi connectivity index (χ3n) is 4.24. The number of benzene rings is 2. The van der Waals surface area contributed by atoms with Crippen LogP contribution < -0.4 is 4.72 Å². The van der Waals surface area contributed by atoms with Gasteiger partial charge in [0.1, 0.15) is 0 Å². The lowest BCUT2D eigenvalue weighted by Crippen LogP contribution is -2.42. The molecule has 0 radical (unpaired) electrons. The van der Waals surface area contributed by atoms with Gasteiger partial charge in [0.25, 0.3) is 0 Å². The van der Waals surface area contributed by atoms with Gasteiger partial charge >= 0.3 is 0 Å². The molecule has 2 N–H and O–H groups in total. The van der Waals surface area contributed by atoms with Gasteiger partial charge in [-0.3, -0.25) is 4.90 Å². The first-order valence-corrected chi connectivity index (χ1v) is 9.55. The van der Waals surface area contributed by atoms with E-state index in [1.54, 1.807) is 18.2 Å². The normalized spacial score (nSPS) is 16.5. The molecule has 1 aliphatic heterocycles. The fraction of sp³-hybridized carbons (Fsp3) is 0.333. The van der Waals surface area contributed by atoms with E-state index in [9.17, 15) is 13.5 Å². The smallest absolute Gasteiger partial charge is 0.240 e. The summed E-state index contributed by atoms with van der Waals surface area (Å²) in [7, 11) is -3.57. The van der Waals surface area contributed by atoms with E-state index in [1.165, 1.54) is 23.3 Å². The second kappa shape index (κ2) is 7.44. The quantitative estimate of drug-likeness (QED) is 0.829. The molecule has 0 saturated carbocycles. The fourth-order valence-electron chi connectivity index (χ4n) is 2.96. The number of β-amino-alcohol motifs (C(OH)–C–C–N with tert-alkyl or cyclic N) is 1. The molecule has 128 valence electrons. The van der Waals surface area contributed by atoms with Crippen LogP contribution in [0.3, 0.4) is 0 Å². The summed E-state index contributed by atoms with van der Waals surface area (Å²) in [6, 6.07) is 16.5. The van der Waals surface area contributed by atoms with Crippen LogP contribution >= 0.6 is 0 Å². The minimum Gasteiger partial charge on any atom is -0.390 e. The number of fused-ring (bicyclic) bond motifs is 1. The molecule has 0 aromatic heterocycles. The van der Waals surface area contributed by atoms with Crippen molar-refractivity contribution >= 4 is 10.0 Å². The number of aliphatic hydroxyl groups excluding tert-OH is 1. The highest BCUT2D eigenvalue weighted by Crippen LogP contribution is 2.18. The van der Waals surface area contributed by atoms with Crippen molar-refractivity contribution in [2.24, 2.45) is 0 Å². The summed E-state index contributed by atoms with van der Waals surface area (Å²) in [5, 5.41) is 10.2. The predicted octanol–water partition coefficient (Wildman–Crippen LogP) is 1.38. The molecule has 2 aromatic rings. The summed E-state index contributed by atoms with van der Waals surface area (Å²) in [6.45, 7) is 2.12. The summed E-state index contributed by atoms with van der Waals surface area (Å²) >= 11 is 0. The molecule has 1 heterocycles. The number of sulfonamides is 1. The number of nitrogens with one attached hydrogen (secondary N) is 1. The second-order valence-corrected chi connectivity index (χ2v) is 7.84. The highest BCUT2D eigenvalue weighted by molar-refractivity contribution is 7.89. The summed E-state index contributed by atoms with van der Waals surface area (Å²) in [5.41, 5.74) is 2.63. The van der Waals surface area contributed by atoms with Crippen molar-refractivity contribution in [2.75, 3.05) is 19.6 Å². The molecule has 0 bridgehead atoms. The van der Waals surface area contributed by atoms with Gasteiger partial charge in [0.05, 0.1) is 11.0 Å². The number of hydrogen-bond acceptors (Lipinski definition) is 4. The predicted molar refractivity (Wildman–Crippen MR) is 93.1 cm³/mol. The molecule has 5 nitrogen and oxygen atoms in total. The SMILES string of the molecule is O=S(=O)(NCC(O)CN1CCc2ccccc2C1)c1ccccc1. The van der Waals surface area contributed by atoms with E-state index in [0.717, 1.165) is 19.5 Å². The maximum atomic E-state index is 12.2. The summed E-state index contributed by atoms with van der Waals surface area (Å²) in [4.78, 5) is 2.37. The molecule has 3 rings (SSSR count). The molecule has 0 saturated heterocycles. The van der Waals surface area contributed by atoms with Crippen molar-refractivity contribution in [3.8, 4) is 0 Å². The van der Waals surface area contributed by atoms with Gasteiger partial charge < -0.3 is 5.11 Å². The third-order valence-corrected chi connectivity index (χ3v) is 5.68. The third kappa shape index (κ3) is 4.21. The molecular weight excluding hydrogens is 324 g/mol. The lowest BCUT2D eigenvalue weighted by atomic mass is 10.00. The Bertz CT molecular complexity index is 778. The van der Waals surface area contributed by atoms with Crippen molar-refractivity contribution in [1.82, 2.24) is 9.62 Å². The standard InChI is InChI=1S/C18H22N2O3S/c21-17(12-19-24(22,23)18-8-2-1-3-9-18)14-20-11-10-15-6-4-5-7-16(15)13-20/h1-9,17,19,21H,10-14H2. The molecule has 1 unspecified atom stereocenters. The highest BCUT2D eigenvalue weighted by atomic mass is 32.2. The van der Waals surface area contributed by atoms with E-state index in [-0.39, 0.29) is 11.4 Å². The van der Waals surface area contributed by atoms with E-state index in [0.29, 0.717) is 6.54 Å². The number of aliphatic hydroxyl groups is 1. The van der Waals surface area contributed by atoms with E-state index < -0.39 is 16.1 Å². The molecule has 0 spiro atoms. The van der Waals surface area contributed by atoms with Gasteiger partial charge in [-0.15, -0.1) is 0 Å². The van der Waals surface area contributed by atoms with Crippen LogP contribution in [-0.2, 0) is 23.0 Å². The van der Waals surface area contributed by atoms with Gasteiger partial charge in [0.2, 0.25) is 10.0 Å². The summed E-state index contributed by atoms with van der Waals surface area (Å²) in [5.74, 6) is 0. The molecule has 0 aliphatic carbocycles. The largest absolute Gasteiger partial charge is 0.390 e. The van der Waals surface area contributed by atoms with E-state index in [4.69, 9.17) is 0 Å². The molecular formula is C18H22N2O3S. The van der Waals surface area contributed by atoms with Crippen LogP contribution in [0.5, 0.6) is 0 Å². The number of nitrogens with zero attached hydrogens (tertiary/aromatic N) is 1. The van der Waals surface area contributed by atoms with Gasteiger partial charge in [-0.2, -0.15) is 0 Å². The molecule has 0 fully saturated rings. The molecule has 24 heavy (non-hydrogen) atoms. The van der Waals surface area contributed by atoms with E-state index in [2.05, 4.69) is 21.8 Å². The van der Waals surface area contributed by atoms with Crippen molar-refractivity contribution in [2.45, 2.75) is 24.0 Å². The topological polar surface area (TPSA) is 69.6 Å². The van der Waals surface area contributed by atoms with Crippen LogP contribution in [-0.4, -0.2) is 44.2 Å². The van der Waals surface area contributed by atoms with Crippen molar-refractivity contribution in [3.63, 3.8) is 0 Å². The second-order valence-electron chi connectivity index (χ2n) is 6.07. The Balaban J connectivity index is 1.53. The monoisotopic (exact) mass is 346 g/mol. The first-order chi connectivity index (χ1) is 11.5. The van der Waals surface area contributed by atoms with E-state index >= 15 is 0 Å². The summed E-state index contributed by atoms with van der Waals surface area (Å²) in [6.07, 6.45) is 0.215. The number of rotatable bonds is 6. The highest BCUT2D eigenvalue weighted by Gasteiger charge is 2.20. The van der Waals surface area contributed by atoms with Crippen molar-refractivity contribution in [3.05, 3.63) is 65.7 Å². The first kappa shape index (κ1) is 17.1. The lowest BCUT2D eigenvalue weighted by molar-refractivity contribution is 0.108.